The lowest BCUT2D eigenvalue weighted by Gasteiger charge is -2.18. The molecule has 0 aromatic heterocycles. The van der Waals surface area contributed by atoms with E-state index in [2.05, 4.69) is 6.92 Å². The van der Waals surface area contributed by atoms with Gasteiger partial charge in [0.25, 0.3) is 0 Å². The molecule has 1 rings (SSSR count). The van der Waals surface area contributed by atoms with E-state index in [0.717, 1.165) is 31.4 Å². The van der Waals surface area contributed by atoms with Crippen LogP contribution in [0.4, 0.5) is 0 Å². The largest absolute Gasteiger partial charge is 0.488 e. The molecule has 2 unspecified atom stereocenters. The summed E-state index contributed by atoms with van der Waals surface area (Å²) < 4.78 is 29.6. The minimum Gasteiger partial charge on any atom is -0.488 e. The molecule has 102 valence electrons. The summed E-state index contributed by atoms with van der Waals surface area (Å²) in [6, 6.07) is 9.43. The molecule has 0 saturated carbocycles. The van der Waals surface area contributed by atoms with Crippen LogP contribution in [0, 0.1) is 0 Å². The fraction of sp³-hybridized carbons (Fsp3) is 0.538. The molecule has 0 aliphatic rings. The van der Waals surface area contributed by atoms with Gasteiger partial charge in [-0.3, -0.25) is 8.74 Å². The lowest BCUT2D eigenvalue weighted by Crippen LogP contribution is -2.23. The molecule has 0 aliphatic carbocycles. The van der Waals surface area contributed by atoms with Gasteiger partial charge >= 0.3 is 11.4 Å². The van der Waals surface area contributed by atoms with Crippen LogP contribution < -0.4 is 4.74 Å². The first kappa shape index (κ1) is 15.1. The first-order chi connectivity index (χ1) is 8.72. The molecular weight excluding hydrogens is 252 g/mol. The lowest BCUT2D eigenvalue weighted by atomic mass is 10.1. The van der Waals surface area contributed by atoms with Crippen molar-refractivity contribution in [1.29, 1.82) is 0 Å². The molecule has 0 aliphatic heterocycles. The van der Waals surface area contributed by atoms with E-state index in [0.29, 0.717) is 0 Å². The third-order valence-electron chi connectivity index (χ3n) is 2.53. The Morgan fingerprint density at radius 1 is 1.28 bits per heavy atom. The number of para-hydroxylation sites is 1. The Labute approximate surface area is 111 Å². The zero-order valence-corrected chi connectivity index (χ0v) is 11.4. The summed E-state index contributed by atoms with van der Waals surface area (Å²) in [5.41, 5.74) is 0. The van der Waals surface area contributed by atoms with Gasteiger partial charge in [0.2, 0.25) is 0 Å². The molecule has 18 heavy (non-hydrogen) atoms. The highest BCUT2D eigenvalue weighted by Crippen LogP contribution is 2.15. The van der Waals surface area contributed by atoms with Crippen molar-refractivity contribution >= 4 is 11.4 Å². The number of ether oxygens (including phenoxy) is 1. The standard InChI is InChI=1S/C13H20O4S/c1-2-3-5-10-13(11-16-18(14)15)17-12-8-6-4-7-9-12/h4,6-9,13H,2-3,5,10-11H2,1H3,(H,14,15). The van der Waals surface area contributed by atoms with Crippen LogP contribution in [0.1, 0.15) is 32.6 Å². The first-order valence-electron chi connectivity index (χ1n) is 6.18. The summed E-state index contributed by atoms with van der Waals surface area (Å²) in [6.45, 7) is 2.26. The lowest BCUT2D eigenvalue weighted by molar-refractivity contribution is 0.120. The van der Waals surface area contributed by atoms with Gasteiger partial charge in [-0.2, -0.15) is 4.21 Å². The normalized spacial score (nSPS) is 14.1. The molecule has 1 aromatic rings. The number of hydrogen-bond acceptors (Lipinski definition) is 3. The molecule has 1 aromatic carbocycles. The van der Waals surface area contributed by atoms with Gasteiger partial charge in [-0.1, -0.05) is 38.0 Å². The topological polar surface area (TPSA) is 55.8 Å². The fourth-order valence-corrected chi connectivity index (χ4v) is 1.89. The average Bonchev–Trinajstić information content (AvgIpc) is 2.37. The van der Waals surface area contributed by atoms with Crippen molar-refractivity contribution in [2.75, 3.05) is 6.61 Å². The first-order valence-corrected chi connectivity index (χ1v) is 7.21. The van der Waals surface area contributed by atoms with Gasteiger partial charge in [0.05, 0.1) is 0 Å². The van der Waals surface area contributed by atoms with Crippen molar-refractivity contribution < 1.29 is 17.7 Å². The minimum atomic E-state index is -2.23. The fourth-order valence-electron chi connectivity index (χ4n) is 1.62. The van der Waals surface area contributed by atoms with E-state index in [1.165, 1.54) is 0 Å². The van der Waals surface area contributed by atoms with E-state index in [9.17, 15) is 4.21 Å². The monoisotopic (exact) mass is 272 g/mol. The highest BCUT2D eigenvalue weighted by molar-refractivity contribution is 7.74. The van der Waals surface area contributed by atoms with E-state index in [4.69, 9.17) is 13.5 Å². The highest BCUT2D eigenvalue weighted by atomic mass is 32.2. The molecule has 0 amide bonds. The number of rotatable bonds is 9. The minimum absolute atomic E-state index is 0.127. The quantitative estimate of drug-likeness (QED) is 0.554. The van der Waals surface area contributed by atoms with Gasteiger partial charge in [-0.05, 0) is 25.0 Å². The van der Waals surface area contributed by atoms with E-state index in [1.54, 1.807) is 0 Å². The predicted molar refractivity (Wildman–Crippen MR) is 71.7 cm³/mol. The van der Waals surface area contributed by atoms with Gasteiger partial charge in [-0.25, -0.2) is 0 Å². The summed E-state index contributed by atoms with van der Waals surface area (Å²) in [5.74, 6) is 0.756. The highest BCUT2D eigenvalue weighted by Gasteiger charge is 2.12. The van der Waals surface area contributed by atoms with Crippen molar-refractivity contribution in [3.63, 3.8) is 0 Å². The van der Waals surface area contributed by atoms with Gasteiger partial charge < -0.3 is 4.74 Å². The summed E-state index contributed by atoms with van der Waals surface area (Å²) >= 11 is -2.23. The van der Waals surface area contributed by atoms with Crippen molar-refractivity contribution in [3.8, 4) is 5.75 Å². The maximum absolute atomic E-state index is 10.5. The Morgan fingerprint density at radius 3 is 2.61 bits per heavy atom. The predicted octanol–water partition coefficient (Wildman–Crippen LogP) is 3.17. The summed E-state index contributed by atoms with van der Waals surface area (Å²) in [7, 11) is 0. The second kappa shape index (κ2) is 9.08. The average molecular weight is 272 g/mol. The smallest absolute Gasteiger partial charge is 0.302 e. The molecule has 5 heteroatoms. The molecule has 4 nitrogen and oxygen atoms in total. The van der Waals surface area contributed by atoms with Crippen LogP contribution in [0.5, 0.6) is 5.75 Å². The summed E-state index contributed by atoms with van der Waals surface area (Å²) in [4.78, 5) is 0. The number of unbranched alkanes of at least 4 members (excludes halogenated alkanes) is 2. The maximum Gasteiger partial charge on any atom is 0.302 e. The number of benzene rings is 1. The second-order valence-electron chi connectivity index (χ2n) is 4.05. The van der Waals surface area contributed by atoms with E-state index >= 15 is 0 Å². The molecule has 0 heterocycles. The Morgan fingerprint density at radius 2 is 2.00 bits per heavy atom. The van der Waals surface area contributed by atoms with Crippen molar-refractivity contribution in [2.24, 2.45) is 0 Å². The Balaban J connectivity index is 2.45. The number of hydrogen-bond donors (Lipinski definition) is 1. The summed E-state index contributed by atoms with van der Waals surface area (Å²) in [5, 5.41) is 0. The van der Waals surface area contributed by atoms with Crippen LogP contribution in [0.25, 0.3) is 0 Å². The second-order valence-corrected chi connectivity index (χ2v) is 4.72. The van der Waals surface area contributed by atoms with Crippen LogP contribution in [-0.4, -0.2) is 21.5 Å². The Hall–Kier alpha value is -0.910. The zero-order chi connectivity index (χ0) is 13.2. The van der Waals surface area contributed by atoms with Gasteiger partial charge in [0, 0.05) is 0 Å². The molecule has 2 atom stereocenters. The van der Waals surface area contributed by atoms with Crippen molar-refractivity contribution in [1.82, 2.24) is 0 Å². The van der Waals surface area contributed by atoms with E-state index in [1.807, 2.05) is 30.3 Å². The van der Waals surface area contributed by atoms with E-state index in [-0.39, 0.29) is 12.7 Å². The van der Waals surface area contributed by atoms with Crippen molar-refractivity contribution in [3.05, 3.63) is 30.3 Å². The molecule has 0 fully saturated rings. The van der Waals surface area contributed by atoms with Crippen LogP contribution in [-0.2, 0) is 15.5 Å². The Bertz CT molecular complexity index is 342. The van der Waals surface area contributed by atoms with E-state index < -0.39 is 11.4 Å². The van der Waals surface area contributed by atoms with Crippen LogP contribution >= 0.6 is 0 Å². The van der Waals surface area contributed by atoms with Gasteiger partial charge in [0.1, 0.15) is 18.5 Å². The van der Waals surface area contributed by atoms with Crippen LogP contribution in [0.3, 0.4) is 0 Å². The third kappa shape index (κ3) is 6.74. The van der Waals surface area contributed by atoms with Crippen LogP contribution in [0.2, 0.25) is 0 Å². The summed E-state index contributed by atoms with van der Waals surface area (Å²) in [6.07, 6.45) is 3.91. The van der Waals surface area contributed by atoms with Gasteiger partial charge in [0.15, 0.2) is 0 Å². The molecule has 0 radical (unpaired) electrons. The molecular formula is C13H20O4S. The van der Waals surface area contributed by atoms with Crippen LogP contribution in [0.15, 0.2) is 30.3 Å². The zero-order valence-electron chi connectivity index (χ0n) is 10.6. The molecule has 0 saturated heterocycles. The molecule has 0 spiro atoms. The Kier molecular flexibility index (Phi) is 7.64. The molecule has 1 N–H and O–H groups in total. The van der Waals surface area contributed by atoms with Crippen molar-refractivity contribution in [2.45, 2.75) is 38.7 Å². The third-order valence-corrected chi connectivity index (χ3v) is 2.87. The van der Waals surface area contributed by atoms with Gasteiger partial charge in [-0.15, -0.1) is 0 Å². The maximum atomic E-state index is 10.5. The SMILES string of the molecule is CCCCCC(COS(=O)O)Oc1ccccc1. The molecule has 0 bridgehead atoms.